The molecule has 1 aromatic carbocycles. The molecule has 2 N–H and O–H groups in total. The predicted octanol–water partition coefficient (Wildman–Crippen LogP) is 0.841. The fourth-order valence-corrected chi connectivity index (χ4v) is 2.59. The lowest BCUT2D eigenvalue weighted by atomic mass is 9.77. The number of rotatable bonds is 5. The van der Waals surface area contributed by atoms with Gasteiger partial charge in [0.05, 0.1) is 18.8 Å². The van der Waals surface area contributed by atoms with Gasteiger partial charge >= 0.3 is 7.12 Å². The second-order valence-corrected chi connectivity index (χ2v) is 5.03. The van der Waals surface area contributed by atoms with Crippen molar-refractivity contribution in [3.8, 4) is 0 Å². The number of hydrogen-bond acceptors (Lipinski definition) is 4. The van der Waals surface area contributed by atoms with E-state index in [0.717, 1.165) is 31.2 Å². The highest BCUT2D eigenvalue weighted by Crippen LogP contribution is 2.23. The molecule has 19 heavy (non-hydrogen) atoms. The normalized spacial score (nSPS) is 23.3. The van der Waals surface area contributed by atoms with Crippen molar-refractivity contribution in [3.63, 3.8) is 0 Å². The van der Waals surface area contributed by atoms with Crippen LogP contribution >= 0.6 is 0 Å². The zero-order valence-corrected chi connectivity index (χ0v) is 11.3. The van der Waals surface area contributed by atoms with E-state index in [1.165, 1.54) is 0 Å². The third-order valence-electron chi connectivity index (χ3n) is 3.72. The molecule has 104 valence electrons. The Bertz CT molecular complexity index is 397. The van der Waals surface area contributed by atoms with Gasteiger partial charge in [0.1, 0.15) is 0 Å². The maximum Gasteiger partial charge on any atom is 0.488 e. The summed E-state index contributed by atoms with van der Waals surface area (Å²) in [4.78, 5) is 0. The Kier molecular flexibility index (Phi) is 5.40. The van der Waals surface area contributed by atoms with Gasteiger partial charge in [0.2, 0.25) is 0 Å². The maximum atomic E-state index is 9.30. The molecule has 2 atom stereocenters. The first kappa shape index (κ1) is 14.5. The second-order valence-electron chi connectivity index (χ2n) is 5.03. The first-order chi connectivity index (χ1) is 9.20. The molecule has 5 heteroatoms. The highest BCUT2D eigenvalue weighted by molar-refractivity contribution is 6.59. The van der Waals surface area contributed by atoms with Crippen molar-refractivity contribution in [2.75, 3.05) is 7.11 Å². The minimum atomic E-state index is -1.45. The molecule has 0 spiro atoms. The molecule has 1 aliphatic carbocycles. The molecule has 0 radical (unpaired) electrons. The van der Waals surface area contributed by atoms with Crippen LogP contribution in [0, 0.1) is 0 Å². The van der Waals surface area contributed by atoms with Crippen molar-refractivity contribution >= 4 is 12.6 Å². The molecule has 2 rings (SSSR count). The SMILES string of the molecule is COC1CCCC(OCc2ccccc2B(O)O)C1. The molecule has 0 saturated heterocycles. The van der Waals surface area contributed by atoms with Crippen molar-refractivity contribution in [1.29, 1.82) is 0 Å². The number of hydrogen-bond donors (Lipinski definition) is 2. The third-order valence-corrected chi connectivity index (χ3v) is 3.72. The first-order valence-corrected chi connectivity index (χ1v) is 6.79. The summed E-state index contributed by atoms with van der Waals surface area (Å²) in [6.45, 7) is 0.412. The van der Waals surface area contributed by atoms with E-state index in [2.05, 4.69) is 0 Å². The fraction of sp³-hybridized carbons (Fsp3) is 0.571. The van der Waals surface area contributed by atoms with Crippen molar-refractivity contribution in [2.24, 2.45) is 0 Å². The van der Waals surface area contributed by atoms with Crippen LogP contribution in [0.3, 0.4) is 0 Å². The van der Waals surface area contributed by atoms with E-state index in [1.54, 1.807) is 19.2 Å². The van der Waals surface area contributed by atoms with Gasteiger partial charge in [0.25, 0.3) is 0 Å². The van der Waals surface area contributed by atoms with Gasteiger partial charge < -0.3 is 19.5 Å². The summed E-state index contributed by atoms with van der Waals surface area (Å²) in [5.41, 5.74) is 1.35. The molecule has 2 unspecified atom stereocenters. The molecule has 1 saturated carbocycles. The minimum Gasteiger partial charge on any atom is -0.423 e. The van der Waals surface area contributed by atoms with Crippen LogP contribution in [0.2, 0.25) is 0 Å². The smallest absolute Gasteiger partial charge is 0.423 e. The molecule has 0 bridgehead atoms. The van der Waals surface area contributed by atoms with Gasteiger partial charge in [0.15, 0.2) is 0 Å². The molecular formula is C14H21BO4. The van der Waals surface area contributed by atoms with Crippen LogP contribution in [0.25, 0.3) is 0 Å². The molecule has 0 aromatic heterocycles. The van der Waals surface area contributed by atoms with E-state index in [9.17, 15) is 10.0 Å². The van der Waals surface area contributed by atoms with Crippen LogP contribution in [0.1, 0.15) is 31.2 Å². The van der Waals surface area contributed by atoms with E-state index in [1.807, 2.05) is 12.1 Å². The van der Waals surface area contributed by atoms with Crippen molar-refractivity contribution in [1.82, 2.24) is 0 Å². The minimum absolute atomic E-state index is 0.197. The predicted molar refractivity (Wildman–Crippen MR) is 74.1 cm³/mol. The average molecular weight is 264 g/mol. The fourth-order valence-electron chi connectivity index (χ4n) is 2.59. The summed E-state index contributed by atoms with van der Waals surface area (Å²) in [6, 6.07) is 7.25. The largest absolute Gasteiger partial charge is 0.488 e. The van der Waals surface area contributed by atoms with E-state index < -0.39 is 7.12 Å². The van der Waals surface area contributed by atoms with Gasteiger partial charge in [-0.2, -0.15) is 0 Å². The summed E-state index contributed by atoms with van der Waals surface area (Å²) in [5, 5.41) is 18.6. The number of benzene rings is 1. The van der Waals surface area contributed by atoms with Gasteiger partial charge in [-0.15, -0.1) is 0 Å². The Labute approximate surface area is 114 Å². The van der Waals surface area contributed by atoms with Crippen LogP contribution in [-0.4, -0.2) is 36.5 Å². The summed E-state index contributed by atoms with van der Waals surface area (Å²) < 4.78 is 11.3. The standard InChI is InChI=1S/C14H21BO4/c1-18-12-6-4-7-13(9-12)19-10-11-5-2-3-8-14(11)15(16)17/h2-3,5,8,12-13,16-17H,4,6-7,9-10H2,1H3. The van der Waals surface area contributed by atoms with E-state index >= 15 is 0 Å². The molecule has 0 heterocycles. The summed E-state index contributed by atoms with van der Waals surface area (Å²) in [6.07, 6.45) is 4.67. The van der Waals surface area contributed by atoms with E-state index in [0.29, 0.717) is 12.1 Å². The average Bonchev–Trinajstić information content (AvgIpc) is 2.45. The Morgan fingerprint density at radius 2 is 1.95 bits per heavy atom. The monoisotopic (exact) mass is 264 g/mol. The molecule has 1 aromatic rings. The molecule has 1 aliphatic rings. The number of ether oxygens (including phenoxy) is 2. The van der Waals surface area contributed by atoms with Crippen LogP contribution in [0.4, 0.5) is 0 Å². The van der Waals surface area contributed by atoms with Gasteiger partial charge in [-0.05, 0) is 36.7 Å². The highest BCUT2D eigenvalue weighted by atomic mass is 16.5. The topological polar surface area (TPSA) is 58.9 Å². The van der Waals surface area contributed by atoms with Crippen LogP contribution in [0.5, 0.6) is 0 Å². The lowest BCUT2D eigenvalue weighted by Gasteiger charge is -2.28. The Morgan fingerprint density at radius 1 is 1.21 bits per heavy atom. The molecule has 0 amide bonds. The van der Waals surface area contributed by atoms with Crippen molar-refractivity contribution in [3.05, 3.63) is 29.8 Å². The lowest BCUT2D eigenvalue weighted by molar-refractivity contribution is -0.0361. The van der Waals surface area contributed by atoms with Crippen molar-refractivity contribution < 1.29 is 19.5 Å². The molecular weight excluding hydrogens is 243 g/mol. The zero-order valence-electron chi connectivity index (χ0n) is 11.3. The highest BCUT2D eigenvalue weighted by Gasteiger charge is 2.23. The van der Waals surface area contributed by atoms with Gasteiger partial charge in [-0.1, -0.05) is 24.3 Å². The van der Waals surface area contributed by atoms with E-state index in [4.69, 9.17) is 9.47 Å². The number of methoxy groups -OCH3 is 1. The van der Waals surface area contributed by atoms with Crippen molar-refractivity contribution in [2.45, 2.75) is 44.5 Å². The van der Waals surface area contributed by atoms with Crippen LogP contribution < -0.4 is 5.46 Å². The van der Waals surface area contributed by atoms with Crippen LogP contribution in [0.15, 0.2) is 24.3 Å². The molecule has 0 aliphatic heterocycles. The quantitative estimate of drug-likeness (QED) is 0.774. The summed E-state index contributed by atoms with van der Waals surface area (Å²) in [5.74, 6) is 0. The Hall–Kier alpha value is -0.875. The Balaban J connectivity index is 1.91. The summed E-state index contributed by atoms with van der Waals surface area (Å²) >= 11 is 0. The third kappa shape index (κ3) is 4.04. The second kappa shape index (κ2) is 7.05. The van der Waals surface area contributed by atoms with Crippen LogP contribution in [-0.2, 0) is 16.1 Å². The molecule has 1 fully saturated rings. The summed E-state index contributed by atoms with van der Waals surface area (Å²) in [7, 11) is 0.294. The van der Waals surface area contributed by atoms with Gasteiger partial charge in [-0.25, -0.2) is 0 Å². The lowest BCUT2D eigenvalue weighted by Crippen LogP contribution is -2.34. The maximum absolute atomic E-state index is 9.30. The first-order valence-electron chi connectivity index (χ1n) is 6.79. The van der Waals surface area contributed by atoms with E-state index in [-0.39, 0.29) is 12.2 Å². The van der Waals surface area contributed by atoms with Gasteiger partial charge in [-0.3, -0.25) is 0 Å². The van der Waals surface area contributed by atoms with Gasteiger partial charge in [0, 0.05) is 7.11 Å². The Morgan fingerprint density at radius 3 is 2.68 bits per heavy atom. The zero-order chi connectivity index (χ0) is 13.7. The molecule has 4 nitrogen and oxygen atoms in total.